The van der Waals surface area contributed by atoms with E-state index in [1.807, 2.05) is 31.7 Å². The van der Waals surface area contributed by atoms with Crippen molar-refractivity contribution in [3.63, 3.8) is 0 Å². The molecule has 2 aliphatic rings. The van der Waals surface area contributed by atoms with Crippen molar-refractivity contribution >= 4 is 6.09 Å². The molecule has 0 N–H and O–H groups in total. The molecule has 4 nitrogen and oxygen atoms in total. The minimum atomic E-state index is -0.457. The van der Waals surface area contributed by atoms with Crippen LogP contribution in [0.5, 0.6) is 5.75 Å². The second kappa shape index (κ2) is 5.68. The van der Waals surface area contributed by atoms with Crippen LogP contribution in [0.2, 0.25) is 0 Å². The van der Waals surface area contributed by atoms with Crippen molar-refractivity contribution in [3.8, 4) is 5.75 Å². The van der Waals surface area contributed by atoms with E-state index in [9.17, 15) is 4.79 Å². The Labute approximate surface area is 145 Å². The highest BCUT2D eigenvalue weighted by atomic mass is 16.6. The highest BCUT2D eigenvalue weighted by Crippen LogP contribution is 2.49. The molecule has 0 saturated carbocycles. The number of nitrogens with zero attached hydrogens (tertiary/aromatic N) is 1. The number of likely N-dealkylation sites (tertiary alicyclic amines) is 1. The van der Waals surface area contributed by atoms with Gasteiger partial charge in [-0.1, -0.05) is 19.9 Å². The monoisotopic (exact) mass is 331 g/mol. The van der Waals surface area contributed by atoms with Crippen molar-refractivity contribution in [1.82, 2.24) is 4.90 Å². The highest BCUT2D eigenvalue weighted by molar-refractivity contribution is 5.69. The Bertz CT molecular complexity index is 649. The lowest BCUT2D eigenvalue weighted by molar-refractivity contribution is -0.0165. The smallest absolute Gasteiger partial charge is 0.410 e. The maximum Gasteiger partial charge on any atom is 0.410 e. The van der Waals surface area contributed by atoms with E-state index in [1.54, 1.807) is 7.11 Å². The average molecular weight is 331 g/mol. The van der Waals surface area contributed by atoms with Gasteiger partial charge in [0, 0.05) is 12.6 Å². The molecule has 24 heavy (non-hydrogen) atoms. The second-order valence-corrected chi connectivity index (χ2v) is 8.42. The summed E-state index contributed by atoms with van der Waals surface area (Å²) in [5.74, 6) is 1.30. The lowest BCUT2D eigenvalue weighted by Gasteiger charge is -2.54. The lowest BCUT2D eigenvalue weighted by atomic mass is 9.59. The molecule has 0 aromatic heterocycles. The molecule has 1 aliphatic heterocycles. The van der Waals surface area contributed by atoms with Gasteiger partial charge < -0.3 is 14.4 Å². The van der Waals surface area contributed by atoms with Crippen LogP contribution in [-0.4, -0.2) is 36.3 Å². The molecular weight excluding hydrogens is 302 g/mol. The number of piperidine rings is 1. The van der Waals surface area contributed by atoms with E-state index in [0.717, 1.165) is 25.1 Å². The van der Waals surface area contributed by atoms with Gasteiger partial charge in [0.2, 0.25) is 0 Å². The quantitative estimate of drug-likeness (QED) is 0.776. The summed E-state index contributed by atoms with van der Waals surface area (Å²) in [7, 11) is 1.71. The van der Waals surface area contributed by atoms with Crippen LogP contribution in [-0.2, 0) is 16.6 Å². The zero-order valence-corrected chi connectivity index (χ0v) is 15.7. The fourth-order valence-electron chi connectivity index (χ4n) is 4.27. The number of hydrogen-bond acceptors (Lipinski definition) is 3. The van der Waals surface area contributed by atoms with E-state index < -0.39 is 5.60 Å². The fourth-order valence-corrected chi connectivity index (χ4v) is 4.27. The predicted molar refractivity (Wildman–Crippen MR) is 94.6 cm³/mol. The third-order valence-corrected chi connectivity index (χ3v) is 5.84. The van der Waals surface area contributed by atoms with E-state index in [-0.39, 0.29) is 17.6 Å². The highest BCUT2D eigenvalue weighted by Gasteiger charge is 2.50. The first-order valence-corrected chi connectivity index (χ1v) is 8.83. The van der Waals surface area contributed by atoms with Gasteiger partial charge in [-0.15, -0.1) is 0 Å². The number of benzene rings is 1. The predicted octanol–water partition coefficient (Wildman–Crippen LogP) is 4.15. The third kappa shape index (κ3) is 2.76. The number of carbonyl (C=O) groups is 1. The Kier molecular flexibility index (Phi) is 4.05. The summed E-state index contributed by atoms with van der Waals surface area (Å²) in [5, 5.41) is 0. The maximum absolute atomic E-state index is 12.7. The zero-order chi connectivity index (χ0) is 17.7. The van der Waals surface area contributed by atoms with Crippen LogP contribution in [0.4, 0.5) is 4.79 Å². The molecule has 132 valence electrons. The Morgan fingerprint density at radius 2 is 2.04 bits per heavy atom. The summed E-state index contributed by atoms with van der Waals surface area (Å²) in [6.07, 6.45) is 1.65. The molecule has 4 heteroatoms. The molecule has 3 atom stereocenters. The van der Waals surface area contributed by atoms with Gasteiger partial charge in [-0.2, -0.15) is 0 Å². The molecule has 1 amide bonds. The maximum atomic E-state index is 12.7. The average Bonchev–Trinajstić information content (AvgIpc) is 2.48. The van der Waals surface area contributed by atoms with Gasteiger partial charge in [-0.25, -0.2) is 4.79 Å². The largest absolute Gasteiger partial charge is 0.497 e. The minimum absolute atomic E-state index is 0.0747. The molecular formula is C20H29NO3. The summed E-state index contributed by atoms with van der Waals surface area (Å²) in [4.78, 5) is 14.6. The molecule has 0 unspecified atom stereocenters. The zero-order valence-electron chi connectivity index (χ0n) is 15.7. The molecule has 1 aromatic rings. The number of rotatable bonds is 1. The van der Waals surface area contributed by atoms with Gasteiger partial charge in [0.05, 0.1) is 7.11 Å². The Morgan fingerprint density at radius 3 is 2.67 bits per heavy atom. The first kappa shape index (κ1) is 17.1. The van der Waals surface area contributed by atoms with Gasteiger partial charge in [0.15, 0.2) is 0 Å². The van der Waals surface area contributed by atoms with Crippen LogP contribution >= 0.6 is 0 Å². The Hall–Kier alpha value is -1.71. The Balaban J connectivity index is 1.94. The van der Waals surface area contributed by atoms with Gasteiger partial charge in [0.25, 0.3) is 0 Å². The van der Waals surface area contributed by atoms with Crippen molar-refractivity contribution < 1.29 is 14.3 Å². The summed E-state index contributed by atoms with van der Waals surface area (Å²) >= 11 is 0. The first-order valence-electron chi connectivity index (χ1n) is 8.83. The summed E-state index contributed by atoms with van der Waals surface area (Å²) in [6.45, 7) is 11.1. The first-order chi connectivity index (χ1) is 11.2. The standard InChI is InChI=1S/C20H29NO3/c1-13-17-11-14-7-8-15(23-6)12-16(14)20(13,5)9-10-21(17)18(22)24-19(2,3)4/h7-8,12-13,17H,9-11H2,1-6H3/t13-,17+,20+/m0/s1. The van der Waals surface area contributed by atoms with Gasteiger partial charge in [0.1, 0.15) is 11.4 Å². The number of methoxy groups -OCH3 is 1. The van der Waals surface area contributed by atoms with Gasteiger partial charge >= 0.3 is 6.09 Å². The molecule has 1 aromatic carbocycles. The second-order valence-electron chi connectivity index (χ2n) is 8.42. The number of hydrogen-bond donors (Lipinski definition) is 0. The van der Waals surface area contributed by atoms with Crippen molar-refractivity contribution in [2.45, 2.75) is 64.5 Å². The molecule has 1 aliphatic carbocycles. The molecule has 1 heterocycles. The molecule has 1 fully saturated rings. The molecule has 3 rings (SSSR count). The van der Waals surface area contributed by atoms with Crippen molar-refractivity contribution in [2.24, 2.45) is 5.92 Å². The number of amides is 1. The molecule has 2 bridgehead atoms. The van der Waals surface area contributed by atoms with Crippen molar-refractivity contribution in [1.29, 1.82) is 0 Å². The normalized spacial score (nSPS) is 29.0. The van der Waals surface area contributed by atoms with Gasteiger partial charge in [-0.3, -0.25) is 0 Å². The van der Waals surface area contributed by atoms with Crippen LogP contribution in [0.25, 0.3) is 0 Å². The van der Waals surface area contributed by atoms with Crippen LogP contribution in [0.1, 0.15) is 52.2 Å². The SMILES string of the molecule is COc1ccc2c(c1)[C@]1(C)CCN(C(=O)OC(C)(C)C)[C@H](C2)[C@@H]1C. The molecule has 0 spiro atoms. The van der Waals surface area contributed by atoms with Crippen molar-refractivity contribution in [2.75, 3.05) is 13.7 Å². The number of ether oxygens (including phenoxy) is 2. The van der Waals surface area contributed by atoms with Gasteiger partial charge in [-0.05, 0) is 68.2 Å². The van der Waals surface area contributed by atoms with E-state index in [0.29, 0.717) is 5.92 Å². The van der Waals surface area contributed by atoms with E-state index in [2.05, 4.69) is 26.0 Å². The Morgan fingerprint density at radius 1 is 1.33 bits per heavy atom. The van der Waals surface area contributed by atoms with E-state index >= 15 is 0 Å². The lowest BCUT2D eigenvalue weighted by Crippen LogP contribution is -2.60. The van der Waals surface area contributed by atoms with Crippen molar-refractivity contribution in [3.05, 3.63) is 29.3 Å². The fraction of sp³-hybridized carbons (Fsp3) is 0.650. The van der Waals surface area contributed by atoms with Crippen LogP contribution in [0, 0.1) is 5.92 Å². The number of carbonyl (C=O) groups excluding carboxylic acids is 1. The minimum Gasteiger partial charge on any atom is -0.497 e. The van der Waals surface area contributed by atoms with Crippen LogP contribution in [0.3, 0.4) is 0 Å². The summed E-state index contributed by atoms with van der Waals surface area (Å²) in [5.41, 5.74) is 2.33. The van der Waals surface area contributed by atoms with E-state index in [1.165, 1.54) is 11.1 Å². The molecule has 0 radical (unpaired) electrons. The number of fused-ring (bicyclic) bond motifs is 4. The third-order valence-electron chi connectivity index (χ3n) is 5.84. The van der Waals surface area contributed by atoms with E-state index in [4.69, 9.17) is 9.47 Å². The topological polar surface area (TPSA) is 38.8 Å². The molecule has 1 saturated heterocycles. The van der Waals surface area contributed by atoms with Crippen LogP contribution in [0.15, 0.2) is 18.2 Å². The summed E-state index contributed by atoms with van der Waals surface area (Å²) < 4.78 is 11.1. The van der Waals surface area contributed by atoms with Crippen LogP contribution < -0.4 is 4.74 Å². The summed E-state index contributed by atoms with van der Waals surface area (Å²) in [6, 6.07) is 6.56.